The van der Waals surface area contributed by atoms with E-state index in [0.717, 1.165) is 17.9 Å². The Kier molecular flexibility index (Phi) is 4.93. The molecule has 4 heteroatoms. The molecule has 1 fully saturated rings. The Labute approximate surface area is 154 Å². The first-order valence-corrected chi connectivity index (χ1v) is 9.54. The maximum Gasteiger partial charge on any atom is 0.337 e. The van der Waals surface area contributed by atoms with Crippen LogP contribution in [0.3, 0.4) is 0 Å². The van der Waals surface area contributed by atoms with Gasteiger partial charge in [-0.3, -0.25) is 4.90 Å². The summed E-state index contributed by atoms with van der Waals surface area (Å²) in [6, 6.07) is 16.7. The number of hydrogen-bond donors (Lipinski definition) is 1. The average molecular weight is 352 g/mol. The molecule has 1 aliphatic carbocycles. The third kappa shape index (κ3) is 3.34. The molecule has 1 saturated carbocycles. The van der Waals surface area contributed by atoms with Gasteiger partial charge in [-0.2, -0.15) is 0 Å². The van der Waals surface area contributed by atoms with E-state index in [-0.39, 0.29) is 12.2 Å². The normalized spacial score (nSPS) is 23.0. The zero-order valence-corrected chi connectivity index (χ0v) is 15.2. The van der Waals surface area contributed by atoms with Gasteiger partial charge in [0.2, 0.25) is 0 Å². The van der Waals surface area contributed by atoms with Gasteiger partial charge in [0.15, 0.2) is 0 Å². The van der Waals surface area contributed by atoms with Crippen molar-refractivity contribution in [3.05, 3.63) is 65.2 Å². The van der Waals surface area contributed by atoms with Gasteiger partial charge in [0, 0.05) is 5.56 Å². The first-order chi connectivity index (χ1) is 12.8. The number of para-hydroxylation sites is 1. The first kappa shape index (κ1) is 17.1. The molecular formula is C22H26NO3+. The quantitative estimate of drug-likeness (QED) is 0.862. The number of hydrogen-bond acceptors (Lipinski definition) is 3. The lowest BCUT2D eigenvalue weighted by Gasteiger charge is -2.40. The summed E-state index contributed by atoms with van der Waals surface area (Å²) < 4.78 is 11.3. The van der Waals surface area contributed by atoms with Gasteiger partial charge in [0.25, 0.3) is 6.23 Å². The minimum Gasteiger partial charge on any atom is -0.465 e. The number of esters is 1. The fourth-order valence-electron chi connectivity index (χ4n) is 4.31. The monoisotopic (exact) mass is 352 g/mol. The Morgan fingerprint density at radius 1 is 1.04 bits per heavy atom. The maximum absolute atomic E-state index is 11.7. The number of nitrogens with one attached hydrogen (secondary N) is 1. The van der Waals surface area contributed by atoms with E-state index in [9.17, 15) is 4.79 Å². The molecule has 1 aliphatic heterocycles. The summed E-state index contributed by atoms with van der Waals surface area (Å²) in [5.41, 5.74) is 2.98. The molecule has 1 unspecified atom stereocenters. The molecule has 2 aromatic carbocycles. The summed E-state index contributed by atoms with van der Waals surface area (Å²) in [5, 5.41) is 0. The highest BCUT2D eigenvalue weighted by molar-refractivity contribution is 5.89. The van der Waals surface area contributed by atoms with E-state index >= 15 is 0 Å². The molecule has 136 valence electrons. The molecule has 0 aromatic heterocycles. The minimum absolute atomic E-state index is 0.0281. The summed E-state index contributed by atoms with van der Waals surface area (Å²) >= 11 is 0. The highest BCUT2D eigenvalue weighted by Crippen LogP contribution is 2.28. The lowest BCUT2D eigenvalue weighted by atomic mass is 9.92. The van der Waals surface area contributed by atoms with E-state index in [1.54, 1.807) is 0 Å². The van der Waals surface area contributed by atoms with Crippen molar-refractivity contribution >= 4 is 5.97 Å². The fraction of sp³-hybridized carbons (Fsp3) is 0.409. The third-order valence-electron chi connectivity index (χ3n) is 5.71. The molecular weight excluding hydrogens is 326 g/mol. The van der Waals surface area contributed by atoms with Gasteiger partial charge in [-0.05, 0) is 62.1 Å². The molecule has 0 amide bonds. The standard InChI is InChI=1S/C22H25NO3/c1-25-22(24)17-13-11-16(12-14-17)21-23(19-8-3-2-4-9-19)15-18-7-5-6-10-20(18)26-21/h5-7,10-14,19,21H,2-4,8-9,15H2,1H3/p+1/t21-/m1/s1. The van der Waals surface area contributed by atoms with Gasteiger partial charge < -0.3 is 9.47 Å². The lowest BCUT2D eigenvalue weighted by Crippen LogP contribution is -3.16. The predicted octanol–water partition coefficient (Wildman–Crippen LogP) is 3.28. The number of benzene rings is 2. The second kappa shape index (κ2) is 7.50. The van der Waals surface area contributed by atoms with Crippen LogP contribution in [0.5, 0.6) is 5.75 Å². The largest absolute Gasteiger partial charge is 0.465 e. The van der Waals surface area contributed by atoms with Crippen molar-refractivity contribution in [1.82, 2.24) is 0 Å². The topological polar surface area (TPSA) is 40.0 Å². The number of fused-ring (bicyclic) bond motifs is 1. The van der Waals surface area contributed by atoms with Crippen LogP contribution in [-0.4, -0.2) is 19.1 Å². The highest BCUT2D eigenvalue weighted by Gasteiger charge is 2.38. The summed E-state index contributed by atoms with van der Waals surface area (Å²) in [6.45, 7) is 0.990. The highest BCUT2D eigenvalue weighted by atomic mass is 16.5. The van der Waals surface area contributed by atoms with Crippen molar-refractivity contribution in [3.8, 4) is 5.75 Å². The van der Waals surface area contributed by atoms with Gasteiger partial charge in [0.05, 0.1) is 24.3 Å². The van der Waals surface area contributed by atoms with Crippen molar-refractivity contribution in [3.63, 3.8) is 0 Å². The van der Waals surface area contributed by atoms with Gasteiger partial charge in [-0.1, -0.05) is 18.6 Å². The summed E-state index contributed by atoms with van der Waals surface area (Å²) in [4.78, 5) is 13.2. The molecule has 2 atom stereocenters. The molecule has 1 N–H and O–H groups in total. The van der Waals surface area contributed by atoms with Crippen molar-refractivity contribution in [2.24, 2.45) is 0 Å². The molecule has 2 aliphatic rings. The molecule has 4 nitrogen and oxygen atoms in total. The molecule has 2 aromatic rings. The van der Waals surface area contributed by atoms with E-state index in [1.807, 2.05) is 30.3 Å². The molecule has 0 spiro atoms. The van der Waals surface area contributed by atoms with Crippen molar-refractivity contribution in [1.29, 1.82) is 0 Å². The smallest absolute Gasteiger partial charge is 0.337 e. The van der Waals surface area contributed by atoms with Crippen LogP contribution in [0, 0.1) is 0 Å². The van der Waals surface area contributed by atoms with Crippen LogP contribution in [0.4, 0.5) is 0 Å². The Bertz CT molecular complexity index is 765. The average Bonchev–Trinajstić information content (AvgIpc) is 2.73. The van der Waals surface area contributed by atoms with Crippen LogP contribution >= 0.6 is 0 Å². The molecule has 26 heavy (non-hydrogen) atoms. The van der Waals surface area contributed by atoms with E-state index in [0.29, 0.717) is 11.6 Å². The summed E-state index contributed by atoms with van der Waals surface area (Å²) in [5.74, 6) is 0.678. The lowest BCUT2D eigenvalue weighted by molar-refractivity contribution is -0.991. The Morgan fingerprint density at radius 3 is 2.50 bits per heavy atom. The predicted molar refractivity (Wildman–Crippen MR) is 99.1 cm³/mol. The van der Waals surface area contributed by atoms with E-state index < -0.39 is 0 Å². The molecule has 0 saturated heterocycles. The number of carbonyl (C=O) groups is 1. The van der Waals surface area contributed by atoms with Crippen LogP contribution in [-0.2, 0) is 11.3 Å². The number of methoxy groups -OCH3 is 1. The van der Waals surface area contributed by atoms with Gasteiger partial charge in [-0.15, -0.1) is 0 Å². The van der Waals surface area contributed by atoms with Gasteiger partial charge in [0.1, 0.15) is 12.3 Å². The van der Waals surface area contributed by atoms with Crippen molar-refractivity contribution in [2.45, 2.75) is 50.9 Å². The van der Waals surface area contributed by atoms with Crippen molar-refractivity contribution in [2.75, 3.05) is 7.11 Å². The van der Waals surface area contributed by atoms with E-state index in [1.165, 1.54) is 49.7 Å². The molecule has 0 bridgehead atoms. The number of ether oxygens (including phenoxy) is 2. The molecule has 4 rings (SSSR count). The second-order valence-electron chi connectivity index (χ2n) is 7.31. The second-order valence-corrected chi connectivity index (χ2v) is 7.31. The van der Waals surface area contributed by atoms with Crippen LogP contribution in [0.15, 0.2) is 48.5 Å². The fourth-order valence-corrected chi connectivity index (χ4v) is 4.31. The SMILES string of the molecule is COC(=O)c1ccc([C@H]2Oc3ccccc3C[NH+]2C2CCCCC2)cc1. The Morgan fingerprint density at radius 2 is 1.77 bits per heavy atom. The third-order valence-corrected chi connectivity index (χ3v) is 5.71. The Balaban J connectivity index is 1.65. The van der Waals surface area contributed by atoms with Crippen LogP contribution < -0.4 is 9.64 Å². The zero-order chi connectivity index (χ0) is 17.9. The molecule has 1 heterocycles. The molecule has 0 radical (unpaired) electrons. The summed E-state index contributed by atoms with van der Waals surface area (Å²) in [7, 11) is 1.41. The zero-order valence-electron chi connectivity index (χ0n) is 15.2. The van der Waals surface area contributed by atoms with Crippen molar-refractivity contribution < 1.29 is 19.2 Å². The summed E-state index contributed by atoms with van der Waals surface area (Å²) in [6.07, 6.45) is 6.46. The van der Waals surface area contributed by atoms with E-state index in [2.05, 4.69) is 18.2 Å². The van der Waals surface area contributed by atoms with E-state index in [4.69, 9.17) is 9.47 Å². The first-order valence-electron chi connectivity index (χ1n) is 9.54. The number of quaternary nitrogens is 1. The van der Waals surface area contributed by atoms with Crippen LogP contribution in [0.1, 0.15) is 59.8 Å². The Hall–Kier alpha value is -2.33. The van der Waals surface area contributed by atoms with Gasteiger partial charge >= 0.3 is 5.97 Å². The van der Waals surface area contributed by atoms with Crippen LogP contribution in [0.2, 0.25) is 0 Å². The number of carbonyl (C=O) groups excluding carboxylic acids is 1. The van der Waals surface area contributed by atoms with Crippen LogP contribution in [0.25, 0.3) is 0 Å². The van der Waals surface area contributed by atoms with Gasteiger partial charge in [-0.25, -0.2) is 4.79 Å². The number of rotatable bonds is 3. The minimum atomic E-state index is -0.303. The maximum atomic E-state index is 11.7.